The van der Waals surface area contributed by atoms with Gasteiger partial charge in [0, 0.05) is 18.4 Å². The van der Waals surface area contributed by atoms with Gasteiger partial charge in [0.15, 0.2) is 0 Å². The second kappa shape index (κ2) is 7.26. The van der Waals surface area contributed by atoms with Gasteiger partial charge in [-0.15, -0.1) is 0 Å². The number of hydrogen-bond acceptors (Lipinski definition) is 3. The van der Waals surface area contributed by atoms with Gasteiger partial charge < -0.3 is 20.1 Å². The molecule has 2 aromatic heterocycles. The minimum absolute atomic E-state index is 0.168. The van der Waals surface area contributed by atoms with Crippen LogP contribution in [0.25, 0.3) is 5.65 Å². The zero-order chi connectivity index (χ0) is 16.1. The van der Waals surface area contributed by atoms with E-state index in [2.05, 4.69) is 15.6 Å². The van der Waals surface area contributed by atoms with Crippen molar-refractivity contribution in [2.45, 2.75) is 39.8 Å². The van der Waals surface area contributed by atoms with Crippen molar-refractivity contribution in [2.75, 3.05) is 6.54 Å². The minimum atomic E-state index is -0.520. The van der Waals surface area contributed by atoms with E-state index in [1.54, 1.807) is 0 Å². The van der Waals surface area contributed by atoms with Crippen molar-refractivity contribution in [3.05, 3.63) is 35.8 Å². The third-order valence-electron chi connectivity index (χ3n) is 3.95. The van der Waals surface area contributed by atoms with E-state index in [0.717, 1.165) is 23.5 Å². The van der Waals surface area contributed by atoms with E-state index in [1.165, 1.54) is 0 Å². The maximum absolute atomic E-state index is 11.7. The highest BCUT2D eigenvalue weighted by Gasteiger charge is 2.13. The van der Waals surface area contributed by atoms with Gasteiger partial charge in [-0.25, -0.2) is 9.78 Å². The summed E-state index contributed by atoms with van der Waals surface area (Å²) in [5.74, 6) is 0.168. The number of urea groups is 1. The maximum Gasteiger partial charge on any atom is 0.315 e. The Morgan fingerprint density at radius 1 is 1.41 bits per heavy atom. The lowest BCUT2D eigenvalue weighted by atomic mass is 10.0. The summed E-state index contributed by atoms with van der Waals surface area (Å²) in [5.41, 5.74) is 2.76. The van der Waals surface area contributed by atoms with Gasteiger partial charge >= 0.3 is 6.03 Å². The van der Waals surface area contributed by atoms with Gasteiger partial charge in [0.05, 0.1) is 18.3 Å². The molecule has 0 fully saturated rings. The molecule has 0 aliphatic rings. The molecule has 6 heteroatoms. The van der Waals surface area contributed by atoms with Gasteiger partial charge in [-0.05, 0) is 25.0 Å². The standard InChI is InChI=1S/C16H24N4O2/c1-4-11(2)14(21)9-18-16(22)17-8-13-10-20-12(3)6-5-7-15(20)19-13/h5-7,10-11,14,21H,4,8-9H2,1-3H3,(H2,17,18,22). The normalized spacial score (nSPS) is 13.8. The molecule has 0 aromatic carbocycles. The zero-order valence-corrected chi connectivity index (χ0v) is 13.3. The van der Waals surface area contributed by atoms with Crippen LogP contribution in [0, 0.1) is 12.8 Å². The number of pyridine rings is 1. The summed E-state index contributed by atoms with van der Waals surface area (Å²) in [6.45, 7) is 6.59. The van der Waals surface area contributed by atoms with Gasteiger partial charge in [0.1, 0.15) is 5.65 Å². The number of hydrogen-bond donors (Lipinski definition) is 3. The minimum Gasteiger partial charge on any atom is -0.391 e. The second-order valence-corrected chi connectivity index (χ2v) is 5.64. The summed E-state index contributed by atoms with van der Waals surface area (Å²) in [4.78, 5) is 16.2. The Hall–Kier alpha value is -2.08. The van der Waals surface area contributed by atoms with Crippen LogP contribution >= 0.6 is 0 Å². The molecular weight excluding hydrogens is 280 g/mol. The third kappa shape index (κ3) is 3.98. The summed E-state index contributed by atoms with van der Waals surface area (Å²) in [6, 6.07) is 5.60. The molecule has 2 rings (SSSR count). The summed E-state index contributed by atoms with van der Waals surface area (Å²) in [5, 5.41) is 15.3. The van der Waals surface area contributed by atoms with Crippen molar-refractivity contribution in [3.8, 4) is 0 Å². The van der Waals surface area contributed by atoms with Crippen LogP contribution in [0.4, 0.5) is 4.79 Å². The van der Waals surface area contributed by atoms with Crippen LogP contribution in [0.2, 0.25) is 0 Å². The lowest BCUT2D eigenvalue weighted by Gasteiger charge is -2.17. The molecule has 0 saturated carbocycles. The number of nitrogens with one attached hydrogen (secondary N) is 2. The highest BCUT2D eigenvalue weighted by Crippen LogP contribution is 2.08. The SMILES string of the molecule is CCC(C)C(O)CNC(=O)NCc1cn2c(C)cccc2n1. The monoisotopic (exact) mass is 304 g/mol. The molecule has 2 heterocycles. The average molecular weight is 304 g/mol. The van der Waals surface area contributed by atoms with Crippen molar-refractivity contribution < 1.29 is 9.90 Å². The second-order valence-electron chi connectivity index (χ2n) is 5.64. The van der Waals surface area contributed by atoms with Crippen molar-refractivity contribution in [2.24, 2.45) is 5.92 Å². The molecule has 0 saturated heterocycles. The first-order valence-corrected chi connectivity index (χ1v) is 7.64. The van der Waals surface area contributed by atoms with Crippen LogP contribution < -0.4 is 10.6 Å². The Balaban J connectivity index is 1.84. The molecule has 0 aliphatic heterocycles. The van der Waals surface area contributed by atoms with E-state index < -0.39 is 6.10 Å². The highest BCUT2D eigenvalue weighted by molar-refractivity contribution is 5.73. The van der Waals surface area contributed by atoms with E-state index in [1.807, 2.05) is 49.6 Å². The molecule has 0 spiro atoms. The fraction of sp³-hybridized carbons (Fsp3) is 0.500. The number of amides is 2. The summed E-state index contributed by atoms with van der Waals surface area (Å²) < 4.78 is 1.99. The fourth-order valence-electron chi connectivity index (χ4n) is 2.19. The molecule has 6 nitrogen and oxygen atoms in total. The van der Waals surface area contributed by atoms with Crippen molar-refractivity contribution in [1.29, 1.82) is 0 Å². The van der Waals surface area contributed by atoms with Crippen LogP contribution in [0.15, 0.2) is 24.4 Å². The number of aliphatic hydroxyl groups excluding tert-OH is 1. The maximum atomic E-state index is 11.7. The van der Waals surface area contributed by atoms with Crippen LogP contribution in [-0.2, 0) is 6.54 Å². The van der Waals surface area contributed by atoms with Crippen molar-refractivity contribution in [3.63, 3.8) is 0 Å². The molecule has 2 unspecified atom stereocenters. The summed E-state index contributed by atoms with van der Waals surface area (Å²) in [7, 11) is 0. The van der Waals surface area contributed by atoms with Crippen molar-refractivity contribution >= 4 is 11.7 Å². The molecule has 0 aliphatic carbocycles. The molecule has 22 heavy (non-hydrogen) atoms. The Bertz CT molecular complexity index is 638. The fourth-order valence-corrected chi connectivity index (χ4v) is 2.19. The largest absolute Gasteiger partial charge is 0.391 e. The Morgan fingerprint density at radius 2 is 2.18 bits per heavy atom. The first kappa shape index (κ1) is 16.3. The number of imidazole rings is 1. The number of rotatable bonds is 6. The summed E-state index contributed by atoms with van der Waals surface area (Å²) >= 11 is 0. The number of aliphatic hydroxyl groups is 1. The van der Waals surface area contributed by atoms with Crippen LogP contribution in [-0.4, -0.2) is 33.2 Å². The van der Waals surface area contributed by atoms with E-state index in [9.17, 15) is 9.90 Å². The van der Waals surface area contributed by atoms with E-state index in [0.29, 0.717) is 6.54 Å². The Kier molecular flexibility index (Phi) is 5.38. The molecule has 2 aromatic rings. The van der Waals surface area contributed by atoms with E-state index >= 15 is 0 Å². The Labute approximate surface area is 130 Å². The van der Waals surface area contributed by atoms with E-state index in [-0.39, 0.29) is 18.5 Å². The number of aryl methyl sites for hydroxylation is 1. The smallest absolute Gasteiger partial charge is 0.315 e. The molecule has 0 radical (unpaired) electrons. The van der Waals surface area contributed by atoms with Gasteiger partial charge in [0.2, 0.25) is 0 Å². The molecule has 120 valence electrons. The predicted octanol–water partition coefficient (Wildman–Crippen LogP) is 1.85. The van der Waals surface area contributed by atoms with Gasteiger partial charge in [-0.3, -0.25) is 0 Å². The van der Waals surface area contributed by atoms with Gasteiger partial charge in [0.25, 0.3) is 0 Å². The number of carbonyl (C=O) groups excluding carboxylic acids is 1. The zero-order valence-electron chi connectivity index (χ0n) is 13.3. The van der Waals surface area contributed by atoms with Gasteiger partial charge in [-0.1, -0.05) is 26.3 Å². The molecule has 2 atom stereocenters. The topological polar surface area (TPSA) is 78.7 Å². The molecule has 0 bridgehead atoms. The van der Waals surface area contributed by atoms with Crippen molar-refractivity contribution in [1.82, 2.24) is 20.0 Å². The number of aromatic nitrogens is 2. The number of nitrogens with zero attached hydrogens (tertiary/aromatic N) is 2. The van der Waals surface area contributed by atoms with Crippen LogP contribution in [0.3, 0.4) is 0 Å². The first-order chi connectivity index (χ1) is 10.5. The quantitative estimate of drug-likeness (QED) is 0.762. The average Bonchev–Trinajstić information content (AvgIpc) is 2.94. The lowest BCUT2D eigenvalue weighted by Crippen LogP contribution is -2.41. The molecule has 2 amide bonds. The third-order valence-corrected chi connectivity index (χ3v) is 3.95. The molecular formula is C16H24N4O2. The number of carbonyl (C=O) groups is 1. The number of fused-ring (bicyclic) bond motifs is 1. The van der Waals surface area contributed by atoms with Crippen LogP contribution in [0.1, 0.15) is 31.7 Å². The highest BCUT2D eigenvalue weighted by atomic mass is 16.3. The van der Waals surface area contributed by atoms with Gasteiger partial charge in [-0.2, -0.15) is 0 Å². The summed E-state index contributed by atoms with van der Waals surface area (Å²) in [6.07, 6.45) is 2.28. The lowest BCUT2D eigenvalue weighted by molar-refractivity contribution is 0.114. The predicted molar refractivity (Wildman–Crippen MR) is 85.6 cm³/mol. The van der Waals surface area contributed by atoms with E-state index in [4.69, 9.17) is 0 Å². The first-order valence-electron chi connectivity index (χ1n) is 7.64. The van der Waals surface area contributed by atoms with Crippen LogP contribution in [0.5, 0.6) is 0 Å². The molecule has 3 N–H and O–H groups in total. The Morgan fingerprint density at radius 3 is 2.86 bits per heavy atom.